The molecule has 0 aliphatic carbocycles. The van der Waals surface area contributed by atoms with E-state index in [1.165, 1.54) is 0 Å². The lowest BCUT2D eigenvalue weighted by molar-refractivity contribution is 0.111. The van der Waals surface area contributed by atoms with Gasteiger partial charge < -0.3 is 4.57 Å². The first kappa shape index (κ1) is 10.4. The van der Waals surface area contributed by atoms with Gasteiger partial charge in [-0.1, -0.05) is 18.2 Å². The molecule has 15 heavy (non-hydrogen) atoms. The van der Waals surface area contributed by atoms with Crippen LogP contribution in [0.2, 0.25) is 0 Å². The SMILES string of the molecule is CC(C)n1c(C=O)c(Br)c2ccccc21. The first-order chi connectivity index (χ1) is 7.16. The Kier molecular flexibility index (Phi) is 2.65. The number of para-hydroxylation sites is 1. The molecular formula is C12H12BrNO. The van der Waals surface area contributed by atoms with Gasteiger partial charge in [0.15, 0.2) is 6.29 Å². The predicted molar refractivity (Wildman–Crippen MR) is 65.4 cm³/mol. The van der Waals surface area contributed by atoms with Crippen molar-refractivity contribution in [3.05, 3.63) is 34.4 Å². The second-order valence-corrected chi connectivity index (χ2v) is 4.59. The van der Waals surface area contributed by atoms with Crippen LogP contribution in [-0.4, -0.2) is 10.9 Å². The molecule has 0 saturated carbocycles. The number of rotatable bonds is 2. The fraction of sp³-hybridized carbons (Fsp3) is 0.250. The monoisotopic (exact) mass is 265 g/mol. The molecular weight excluding hydrogens is 254 g/mol. The molecule has 0 aliphatic rings. The van der Waals surface area contributed by atoms with E-state index in [9.17, 15) is 4.79 Å². The van der Waals surface area contributed by atoms with Crippen LogP contribution in [0.3, 0.4) is 0 Å². The van der Waals surface area contributed by atoms with Crippen LogP contribution >= 0.6 is 15.9 Å². The maximum absolute atomic E-state index is 11.1. The summed E-state index contributed by atoms with van der Waals surface area (Å²) in [5.41, 5.74) is 1.81. The number of nitrogens with zero attached hydrogens (tertiary/aromatic N) is 1. The van der Waals surface area contributed by atoms with Gasteiger partial charge in [0.05, 0.1) is 10.2 Å². The molecule has 0 aliphatic heterocycles. The lowest BCUT2D eigenvalue weighted by atomic mass is 10.2. The molecule has 1 aromatic heterocycles. The third-order valence-electron chi connectivity index (χ3n) is 2.51. The van der Waals surface area contributed by atoms with E-state index in [-0.39, 0.29) is 6.04 Å². The molecule has 0 fully saturated rings. The molecule has 2 rings (SSSR count). The van der Waals surface area contributed by atoms with E-state index >= 15 is 0 Å². The van der Waals surface area contributed by atoms with Crippen molar-refractivity contribution in [2.75, 3.05) is 0 Å². The zero-order valence-corrected chi connectivity index (χ0v) is 10.3. The number of benzene rings is 1. The number of carbonyl (C=O) groups is 1. The zero-order chi connectivity index (χ0) is 11.0. The minimum atomic E-state index is 0.279. The molecule has 0 N–H and O–H groups in total. The van der Waals surface area contributed by atoms with Crippen molar-refractivity contribution in [2.24, 2.45) is 0 Å². The predicted octanol–water partition coefficient (Wildman–Crippen LogP) is 3.80. The fourth-order valence-electron chi connectivity index (χ4n) is 1.91. The second-order valence-electron chi connectivity index (χ2n) is 3.80. The maximum Gasteiger partial charge on any atom is 0.167 e. The number of hydrogen-bond donors (Lipinski definition) is 0. The van der Waals surface area contributed by atoms with Crippen molar-refractivity contribution in [1.29, 1.82) is 0 Å². The van der Waals surface area contributed by atoms with Gasteiger partial charge in [-0.25, -0.2) is 0 Å². The molecule has 1 aromatic carbocycles. The summed E-state index contributed by atoms with van der Waals surface area (Å²) in [6.07, 6.45) is 0.907. The average molecular weight is 266 g/mol. The van der Waals surface area contributed by atoms with Gasteiger partial charge in [-0.15, -0.1) is 0 Å². The Morgan fingerprint density at radius 3 is 2.60 bits per heavy atom. The number of fused-ring (bicyclic) bond motifs is 1. The van der Waals surface area contributed by atoms with E-state index < -0.39 is 0 Å². The van der Waals surface area contributed by atoms with Crippen molar-refractivity contribution in [2.45, 2.75) is 19.9 Å². The van der Waals surface area contributed by atoms with Crippen LogP contribution in [0.25, 0.3) is 10.9 Å². The van der Waals surface area contributed by atoms with Crippen molar-refractivity contribution < 1.29 is 4.79 Å². The van der Waals surface area contributed by atoms with Crippen molar-refractivity contribution in [1.82, 2.24) is 4.57 Å². The molecule has 0 amide bonds. The molecule has 2 nitrogen and oxygen atoms in total. The topological polar surface area (TPSA) is 22.0 Å². The molecule has 0 bridgehead atoms. The van der Waals surface area contributed by atoms with E-state index in [1.54, 1.807) is 0 Å². The Balaban J connectivity index is 2.91. The van der Waals surface area contributed by atoms with E-state index in [1.807, 2.05) is 28.8 Å². The number of hydrogen-bond acceptors (Lipinski definition) is 1. The standard InChI is InChI=1S/C12H12BrNO/c1-8(2)14-10-6-4-3-5-9(10)12(13)11(14)7-15/h3-8H,1-2H3. The Labute approximate surface area is 97.0 Å². The summed E-state index contributed by atoms with van der Waals surface area (Å²) in [5, 5.41) is 1.09. The van der Waals surface area contributed by atoms with Gasteiger partial charge in [0.2, 0.25) is 0 Å². The number of aromatic nitrogens is 1. The fourth-order valence-corrected chi connectivity index (χ4v) is 2.53. The first-order valence-corrected chi connectivity index (χ1v) is 5.69. The number of halogens is 1. The highest BCUT2D eigenvalue weighted by atomic mass is 79.9. The van der Waals surface area contributed by atoms with E-state index in [2.05, 4.69) is 29.8 Å². The second kappa shape index (κ2) is 3.81. The third-order valence-corrected chi connectivity index (χ3v) is 3.35. The summed E-state index contributed by atoms with van der Waals surface area (Å²) < 4.78 is 2.94. The van der Waals surface area contributed by atoms with Crippen LogP contribution in [0, 0.1) is 0 Å². The Morgan fingerprint density at radius 1 is 1.33 bits per heavy atom. The van der Waals surface area contributed by atoms with Crippen LogP contribution in [0.4, 0.5) is 0 Å². The average Bonchev–Trinajstić information content (AvgIpc) is 2.52. The lowest BCUT2D eigenvalue weighted by Crippen LogP contribution is -2.04. The summed E-state index contributed by atoms with van der Waals surface area (Å²) in [4.78, 5) is 11.1. The van der Waals surface area contributed by atoms with Gasteiger partial charge in [-0.3, -0.25) is 4.79 Å². The third kappa shape index (κ3) is 1.51. The summed E-state index contributed by atoms with van der Waals surface area (Å²) in [5.74, 6) is 0. The summed E-state index contributed by atoms with van der Waals surface area (Å²) in [6, 6.07) is 8.30. The molecule has 2 aromatic rings. The normalized spacial score (nSPS) is 11.2. The zero-order valence-electron chi connectivity index (χ0n) is 8.70. The molecule has 0 atom stereocenters. The highest BCUT2D eigenvalue weighted by molar-refractivity contribution is 9.10. The summed E-state index contributed by atoms with van der Waals surface area (Å²) >= 11 is 3.48. The van der Waals surface area contributed by atoms with Crippen LogP contribution in [0.5, 0.6) is 0 Å². The number of aldehydes is 1. The maximum atomic E-state index is 11.1. The summed E-state index contributed by atoms with van der Waals surface area (Å²) in [6.45, 7) is 4.15. The van der Waals surface area contributed by atoms with Gasteiger partial charge in [0.25, 0.3) is 0 Å². The quantitative estimate of drug-likeness (QED) is 0.758. The van der Waals surface area contributed by atoms with Crippen molar-refractivity contribution >= 4 is 33.1 Å². The Hall–Kier alpha value is -1.09. The molecule has 78 valence electrons. The largest absolute Gasteiger partial charge is 0.335 e. The molecule has 0 unspecified atom stereocenters. The van der Waals surface area contributed by atoms with Gasteiger partial charge in [0.1, 0.15) is 0 Å². The van der Waals surface area contributed by atoms with E-state index in [4.69, 9.17) is 0 Å². The van der Waals surface area contributed by atoms with E-state index in [0.29, 0.717) is 5.69 Å². The Bertz CT molecular complexity index is 514. The van der Waals surface area contributed by atoms with Crippen molar-refractivity contribution in [3.8, 4) is 0 Å². The van der Waals surface area contributed by atoms with Crippen molar-refractivity contribution in [3.63, 3.8) is 0 Å². The smallest absolute Gasteiger partial charge is 0.167 e. The molecule has 0 radical (unpaired) electrons. The minimum absolute atomic E-state index is 0.279. The van der Waals surface area contributed by atoms with Gasteiger partial charge in [0, 0.05) is 16.9 Å². The van der Waals surface area contributed by atoms with Crippen LogP contribution in [-0.2, 0) is 0 Å². The molecule has 1 heterocycles. The van der Waals surface area contributed by atoms with Crippen LogP contribution in [0.15, 0.2) is 28.7 Å². The summed E-state index contributed by atoms with van der Waals surface area (Å²) in [7, 11) is 0. The van der Waals surface area contributed by atoms with Gasteiger partial charge >= 0.3 is 0 Å². The first-order valence-electron chi connectivity index (χ1n) is 4.90. The Morgan fingerprint density at radius 2 is 2.00 bits per heavy atom. The molecule has 3 heteroatoms. The molecule has 0 spiro atoms. The number of carbonyl (C=O) groups excluding carboxylic acids is 1. The van der Waals surface area contributed by atoms with Crippen LogP contribution in [0.1, 0.15) is 30.4 Å². The highest BCUT2D eigenvalue weighted by Crippen LogP contribution is 2.32. The minimum Gasteiger partial charge on any atom is -0.335 e. The lowest BCUT2D eigenvalue weighted by Gasteiger charge is -2.11. The van der Waals surface area contributed by atoms with Crippen LogP contribution < -0.4 is 0 Å². The van der Waals surface area contributed by atoms with E-state index in [0.717, 1.165) is 21.7 Å². The highest BCUT2D eigenvalue weighted by Gasteiger charge is 2.15. The molecule has 0 saturated heterocycles. The van der Waals surface area contributed by atoms with Gasteiger partial charge in [-0.2, -0.15) is 0 Å². The van der Waals surface area contributed by atoms with Gasteiger partial charge in [-0.05, 0) is 35.8 Å².